The number of nitrogens with zero attached hydrogens (tertiary/aromatic N) is 4. The Bertz CT molecular complexity index is 990. The normalized spacial score (nSPS) is 20.5. The first-order valence-electron chi connectivity index (χ1n) is 8.14. The number of carbonyl (C=O) groups excluding carboxylic acids is 1. The summed E-state index contributed by atoms with van der Waals surface area (Å²) in [6, 6.07) is 8.50. The number of amides is 1. The number of hydrogen-bond acceptors (Lipinski definition) is 6. The van der Waals surface area contributed by atoms with Gasteiger partial charge in [-0.2, -0.15) is 0 Å². The molecule has 2 aliphatic heterocycles. The molecule has 1 aromatic carbocycles. The second kappa shape index (κ2) is 7.21. The molecule has 0 saturated carbocycles. The van der Waals surface area contributed by atoms with Crippen molar-refractivity contribution >= 4 is 46.0 Å². The minimum absolute atomic E-state index is 0.157. The van der Waals surface area contributed by atoms with E-state index in [1.165, 1.54) is 29.6 Å². The second-order valence-corrected chi connectivity index (χ2v) is 7.80. The number of carbonyl (C=O) groups is 1. The van der Waals surface area contributed by atoms with Gasteiger partial charge in [0.25, 0.3) is 5.91 Å². The number of rotatable bonds is 3. The van der Waals surface area contributed by atoms with Crippen molar-refractivity contribution in [2.75, 3.05) is 18.5 Å². The summed E-state index contributed by atoms with van der Waals surface area (Å²) < 4.78 is 14.2. The van der Waals surface area contributed by atoms with Crippen LogP contribution in [0.25, 0.3) is 0 Å². The van der Waals surface area contributed by atoms with Crippen LogP contribution >= 0.6 is 23.5 Å². The van der Waals surface area contributed by atoms with Gasteiger partial charge in [0.15, 0.2) is 5.17 Å². The molecule has 1 saturated heterocycles. The van der Waals surface area contributed by atoms with Crippen molar-refractivity contribution in [2.45, 2.75) is 4.90 Å². The third kappa shape index (κ3) is 3.15. The Morgan fingerprint density at radius 2 is 2.04 bits per heavy atom. The van der Waals surface area contributed by atoms with Crippen molar-refractivity contribution in [3.63, 3.8) is 0 Å². The van der Waals surface area contributed by atoms with Crippen LogP contribution in [0.1, 0.15) is 0 Å². The van der Waals surface area contributed by atoms with Gasteiger partial charge in [-0.25, -0.2) is 9.38 Å². The first kappa shape index (κ1) is 17.8. The number of pyridine rings is 1. The molecule has 0 atom stereocenters. The molecule has 1 fully saturated rings. The molecule has 27 heavy (non-hydrogen) atoms. The zero-order chi connectivity index (χ0) is 19.0. The molecule has 0 bridgehead atoms. The van der Waals surface area contributed by atoms with E-state index >= 15 is 0 Å². The third-order valence-electron chi connectivity index (χ3n) is 4.05. The standard InChI is InChI=1S/C19H15FN4OS2/c1-3-11-24-17(25)16(27-19(24)22-12-7-9-21-10-8-12)18-23(2)15-13(20)5-4-6-14(15)26-18/h3-10H,1,11H2,2H3/b18-16+,22-19-. The van der Waals surface area contributed by atoms with E-state index in [1.807, 2.05) is 6.07 Å². The largest absolute Gasteiger partial charge is 0.335 e. The third-order valence-corrected chi connectivity index (χ3v) is 6.47. The molecule has 0 spiro atoms. The van der Waals surface area contributed by atoms with Gasteiger partial charge in [-0.15, -0.1) is 6.58 Å². The summed E-state index contributed by atoms with van der Waals surface area (Å²) >= 11 is 2.69. The van der Waals surface area contributed by atoms with Crippen molar-refractivity contribution in [1.82, 2.24) is 9.88 Å². The molecule has 8 heteroatoms. The molecule has 1 aromatic heterocycles. The van der Waals surface area contributed by atoms with E-state index in [1.54, 1.807) is 53.5 Å². The summed E-state index contributed by atoms with van der Waals surface area (Å²) in [5.74, 6) is -0.461. The van der Waals surface area contributed by atoms with E-state index in [-0.39, 0.29) is 11.7 Å². The fourth-order valence-corrected chi connectivity index (χ4v) is 5.18. The smallest absolute Gasteiger partial charge is 0.269 e. The van der Waals surface area contributed by atoms with E-state index in [0.717, 1.165) is 4.90 Å². The number of halogens is 1. The first-order chi connectivity index (χ1) is 13.1. The number of aromatic nitrogens is 1. The zero-order valence-electron chi connectivity index (χ0n) is 14.4. The Morgan fingerprint density at radius 3 is 2.74 bits per heavy atom. The molecule has 0 aliphatic carbocycles. The fraction of sp³-hybridized carbons (Fsp3) is 0.105. The van der Waals surface area contributed by atoms with Gasteiger partial charge >= 0.3 is 0 Å². The summed E-state index contributed by atoms with van der Waals surface area (Å²) in [6.45, 7) is 4.08. The highest BCUT2D eigenvalue weighted by Crippen LogP contribution is 2.50. The maximum absolute atomic E-state index is 14.2. The fourth-order valence-electron chi connectivity index (χ4n) is 2.81. The zero-order valence-corrected chi connectivity index (χ0v) is 16.1. The number of aliphatic imine (C=N–C) groups is 1. The Hall–Kier alpha value is -2.58. The van der Waals surface area contributed by atoms with Gasteiger partial charge in [0, 0.05) is 30.9 Å². The predicted molar refractivity (Wildman–Crippen MR) is 109 cm³/mol. The van der Waals surface area contributed by atoms with Crippen molar-refractivity contribution in [1.29, 1.82) is 0 Å². The van der Waals surface area contributed by atoms with Gasteiger partial charge < -0.3 is 4.90 Å². The number of hydrogen-bond donors (Lipinski definition) is 0. The summed E-state index contributed by atoms with van der Waals surface area (Å²) in [5, 5.41) is 1.28. The van der Waals surface area contributed by atoms with Crippen LogP contribution in [0.15, 0.2) is 75.2 Å². The monoisotopic (exact) mass is 398 g/mol. The summed E-state index contributed by atoms with van der Waals surface area (Å²) in [7, 11) is 1.77. The van der Waals surface area contributed by atoms with Gasteiger partial charge in [0.1, 0.15) is 10.7 Å². The molecule has 136 valence electrons. The number of fused-ring (bicyclic) bond motifs is 1. The Balaban J connectivity index is 1.76. The average molecular weight is 398 g/mol. The van der Waals surface area contributed by atoms with Crippen LogP contribution in [-0.2, 0) is 4.79 Å². The number of thioether (sulfide) groups is 2. The highest BCUT2D eigenvalue weighted by atomic mass is 32.2. The number of para-hydroxylation sites is 1. The minimum Gasteiger partial charge on any atom is -0.335 e. The minimum atomic E-state index is -0.304. The molecule has 2 aromatic rings. The molecule has 1 amide bonds. The van der Waals surface area contributed by atoms with E-state index in [2.05, 4.69) is 16.6 Å². The average Bonchev–Trinajstić information content (AvgIpc) is 3.15. The van der Waals surface area contributed by atoms with Crippen molar-refractivity contribution in [3.8, 4) is 0 Å². The lowest BCUT2D eigenvalue weighted by Crippen LogP contribution is -2.29. The lowest BCUT2D eigenvalue weighted by atomic mass is 10.3. The molecular weight excluding hydrogens is 383 g/mol. The molecule has 5 nitrogen and oxygen atoms in total. The van der Waals surface area contributed by atoms with Crippen LogP contribution in [0.5, 0.6) is 0 Å². The van der Waals surface area contributed by atoms with Crippen LogP contribution < -0.4 is 4.90 Å². The summed E-state index contributed by atoms with van der Waals surface area (Å²) in [4.78, 5) is 26.2. The van der Waals surface area contributed by atoms with Crippen LogP contribution in [0.2, 0.25) is 0 Å². The van der Waals surface area contributed by atoms with Gasteiger partial charge in [0.2, 0.25) is 0 Å². The number of anilines is 1. The topological polar surface area (TPSA) is 48.8 Å². The Labute approximate surface area is 164 Å². The highest BCUT2D eigenvalue weighted by Gasteiger charge is 2.39. The molecule has 0 radical (unpaired) electrons. The first-order valence-corrected chi connectivity index (χ1v) is 9.77. The molecule has 2 aliphatic rings. The summed E-state index contributed by atoms with van der Waals surface area (Å²) in [6.07, 6.45) is 4.96. The predicted octanol–water partition coefficient (Wildman–Crippen LogP) is 4.38. The van der Waals surface area contributed by atoms with Gasteiger partial charge in [-0.1, -0.05) is 23.9 Å². The van der Waals surface area contributed by atoms with Crippen molar-refractivity contribution < 1.29 is 9.18 Å². The molecule has 4 rings (SSSR count). The van der Waals surface area contributed by atoms with E-state index in [9.17, 15) is 9.18 Å². The van der Waals surface area contributed by atoms with Crippen molar-refractivity contribution in [2.24, 2.45) is 4.99 Å². The maximum atomic E-state index is 14.2. The molecule has 0 N–H and O–H groups in total. The molecular formula is C19H15FN4OS2. The van der Waals surface area contributed by atoms with Crippen LogP contribution in [0, 0.1) is 5.82 Å². The second-order valence-electron chi connectivity index (χ2n) is 5.79. The quantitative estimate of drug-likeness (QED) is 0.567. The lowest BCUT2D eigenvalue weighted by Gasteiger charge is -2.15. The molecule has 3 heterocycles. The van der Waals surface area contributed by atoms with Crippen LogP contribution in [0.3, 0.4) is 0 Å². The number of benzene rings is 1. The van der Waals surface area contributed by atoms with Gasteiger partial charge in [-0.05, 0) is 36.0 Å². The lowest BCUT2D eigenvalue weighted by molar-refractivity contribution is -0.121. The SMILES string of the molecule is C=CCN1C(=O)/C(=C2\Sc3cccc(F)c3N2C)S/C1=N\c1ccncc1. The van der Waals surface area contributed by atoms with E-state index < -0.39 is 0 Å². The van der Waals surface area contributed by atoms with Gasteiger partial charge in [0.05, 0.1) is 16.4 Å². The Morgan fingerprint density at radius 1 is 1.26 bits per heavy atom. The van der Waals surface area contributed by atoms with Gasteiger partial charge in [-0.3, -0.25) is 14.7 Å². The molecule has 0 unspecified atom stereocenters. The van der Waals surface area contributed by atoms with E-state index in [0.29, 0.717) is 33.0 Å². The number of amidine groups is 1. The highest BCUT2D eigenvalue weighted by molar-refractivity contribution is 8.19. The summed E-state index contributed by atoms with van der Waals surface area (Å²) in [5.41, 5.74) is 1.20. The van der Waals surface area contributed by atoms with Crippen LogP contribution in [-0.4, -0.2) is 34.6 Å². The van der Waals surface area contributed by atoms with Crippen molar-refractivity contribution in [3.05, 3.63) is 71.1 Å². The maximum Gasteiger partial charge on any atom is 0.269 e. The van der Waals surface area contributed by atoms with Crippen LogP contribution in [0.4, 0.5) is 15.8 Å². The van der Waals surface area contributed by atoms with E-state index in [4.69, 9.17) is 0 Å². The Kier molecular flexibility index (Phi) is 4.75.